The van der Waals surface area contributed by atoms with Crippen LogP contribution in [0.1, 0.15) is 49.4 Å². The largest absolute Gasteiger partial charge is 0.326 e. The molecule has 3 rings (SSSR count). The quantitative estimate of drug-likeness (QED) is 0.800. The van der Waals surface area contributed by atoms with E-state index >= 15 is 0 Å². The summed E-state index contributed by atoms with van der Waals surface area (Å²) in [5, 5.41) is 5.76. The number of anilines is 2. The van der Waals surface area contributed by atoms with Gasteiger partial charge in [0.1, 0.15) is 0 Å². The van der Waals surface area contributed by atoms with Crippen molar-refractivity contribution in [2.75, 3.05) is 10.6 Å². The van der Waals surface area contributed by atoms with Crippen LogP contribution in [0.3, 0.4) is 0 Å². The van der Waals surface area contributed by atoms with Crippen molar-refractivity contribution < 1.29 is 14.4 Å². The summed E-state index contributed by atoms with van der Waals surface area (Å²) in [6.07, 6.45) is 4.13. The maximum Gasteiger partial charge on any atom is 0.226 e. The molecule has 0 aromatic heterocycles. The molecule has 3 amide bonds. The predicted octanol–water partition coefficient (Wildman–Crippen LogP) is 4.25. The van der Waals surface area contributed by atoms with E-state index in [9.17, 15) is 14.4 Å². The second-order valence-electron chi connectivity index (χ2n) is 7.02. The van der Waals surface area contributed by atoms with E-state index in [2.05, 4.69) is 10.6 Å². The molecule has 6 heteroatoms. The second kappa shape index (κ2) is 8.73. The zero-order valence-electron chi connectivity index (χ0n) is 16.9. The first-order valence-corrected chi connectivity index (χ1v) is 9.66. The van der Waals surface area contributed by atoms with Crippen LogP contribution in [0.4, 0.5) is 11.4 Å². The molecule has 6 nitrogen and oxygen atoms in total. The maximum atomic E-state index is 12.8. The third-order valence-corrected chi connectivity index (χ3v) is 5.05. The van der Waals surface area contributed by atoms with Gasteiger partial charge in [0.2, 0.25) is 17.7 Å². The highest BCUT2D eigenvalue weighted by Crippen LogP contribution is 2.33. The van der Waals surface area contributed by atoms with Crippen molar-refractivity contribution in [3.05, 3.63) is 65.4 Å². The summed E-state index contributed by atoms with van der Waals surface area (Å²) in [5.41, 5.74) is 4.04. The molecule has 2 aromatic carbocycles. The molecule has 1 heterocycles. The number of nitrogens with one attached hydrogen (secondary N) is 2. The summed E-state index contributed by atoms with van der Waals surface area (Å²) in [7, 11) is 0. The average Bonchev–Trinajstić information content (AvgIpc) is 2.70. The lowest BCUT2D eigenvalue weighted by atomic mass is 9.93. The number of benzene rings is 2. The second-order valence-corrected chi connectivity index (χ2v) is 7.02. The van der Waals surface area contributed by atoms with E-state index in [0.717, 1.165) is 16.7 Å². The Labute approximate surface area is 170 Å². The first-order valence-electron chi connectivity index (χ1n) is 9.66. The van der Waals surface area contributed by atoms with Crippen LogP contribution < -0.4 is 10.6 Å². The molecule has 2 aromatic rings. The van der Waals surface area contributed by atoms with Gasteiger partial charge in [0.05, 0.1) is 12.5 Å². The molecule has 1 aliphatic rings. The Morgan fingerprint density at radius 2 is 1.62 bits per heavy atom. The minimum absolute atomic E-state index is 0.0840. The minimum Gasteiger partial charge on any atom is -0.326 e. The Kier molecular flexibility index (Phi) is 6.12. The summed E-state index contributed by atoms with van der Waals surface area (Å²) < 4.78 is 0. The topological polar surface area (TPSA) is 78.5 Å². The van der Waals surface area contributed by atoms with E-state index in [1.54, 1.807) is 36.2 Å². The molecule has 0 radical (unpaired) electrons. The van der Waals surface area contributed by atoms with E-state index in [0.29, 0.717) is 17.8 Å². The summed E-state index contributed by atoms with van der Waals surface area (Å²) >= 11 is 0. The molecule has 0 spiro atoms. The standard InChI is InChI=1S/C23H25N3O3/c1-4-22(28)24-19-10-7-11-20(15(19)2)25-23(29)14-21-18-9-6-5-8-17(18)12-13-26(21)16(3)27/h5-13,21H,4,14H2,1-3H3,(H,24,28)(H,25,29)/t21-/m1/s1. The fourth-order valence-electron chi connectivity index (χ4n) is 3.44. The zero-order chi connectivity index (χ0) is 21.0. The highest BCUT2D eigenvalue weighted by molar-refractivity contribution is 5.96. The molecule has 150 valence electrons. The van der Waals surface area contributed by atoms with Gasteiger partial charge in [-0.2, -0.15) is 0 Å². The highest BCUT2D eigenvalue weighted by Gasteiger charge is 2.28. The summed E-state index contributed by atoms with van der Waals surface area (Å²) in [6, 6.07) is 12.8. The molecule has 1 aliphatic heterocycles. The molecule has 0 bridgehead atoms. The van der Waals surface area contributed by atoms with Crippen molar-refractivity contribution in [2.24, 2.45) is 0 Å². The van der Waals surface area contributed by atoms with Gasteiger partial charge in [-0.15, -0.1) is 0 Å². The van der Waals surface area contributed by atoms with Crippen molar-refractivity contribution in [2.45, 2.75) is 39.7 Å². The van der Waals surface area contributed by atoms with E-state index in [-0.39, 0.29) is 30.2 Å². The Morgan fingerprint density at radius 1 is 0.966 bits per heavy atom. The van der Waals surface area contributed by atoms with E-state index in [1.807, 2.05) is 37.3 Å². The number of carbonyl (C=O) groups excluding carboxylic acids is 3. The number of amides is 3. The molecule has 0 saturated carbocycles. The maximum absolute atomic E-state index is 12.8. The molecule has 29 heavy (non-hydrogen) atoms. The normalized spacial score (nSPS) is 14.9. The molecular weight excluding hydrogens is 366 g/mol. The summed E-state index contributed by atoms with van der Waals surface area (Å²) in [4.78, 5) is 38.2. The first kappa shape index (κ1) is 20.3. The number of carbonyl (C=O) groups is 3. The van der Waals surface area contributed by atoms with E-state index < -0.39 is 0 Å². The van der Waals surface area contributed by atoms with Crippen LogP contribution in [0, 0.1) is 6.92 Å². The van der Waals surface area contributed by atoms with Crippen molar-refractivity contribution in [3.63, 3.8) is 0 Å². The van der Waals surface area contributed by atoms with Crippen molar-refractivity contribution >= 4 is 35.2 Å². The van der Waals surface area contributed by atoms with Crippen LogP contribution in [0.25, 0.3) is 6.08 Å². The Bertz CT molecular complexity index is 981. The van der Waals surface area contributed by atoms with Crippen LogP contribution in [-0.4, -0.2) is 22.6 Å². The highest BCUT2D eigenvalue weighted by atomic mass is 16.2. The number of rotatable bonds is 5. The fourth-order valence-corrected chi connectivity index (χ4v) is 3.44. The number of nitrogens with zero attached hydrogens (tertiary/aromatic N) is 1. The number of fused-ring (bicyclic) bond motifs is 1. The monoisotopic (exact) mass is 391 g/mol. The smallest absolute Gasteiger partial charge is 0.226 e. The van der Waals surface area contributed by atoms with Gasteiger partial charge in [-0.05, 0) is 41.8 Å². The van der Waals surface area contributed by atoms with Crippen LogP contribution in [-0.2, 0) is 14.4 Å². The van der Waals surface area contributed by atoms with Gasteiger partial charge < -0.3 is 15.5 Å². The molecule has 0 fully saturated rings. The van der Waals surface area contributed by atoms with Crippen LogP contribution in [0.5, 0.6) is 0 Å². The van der Waals surface area contributed by atoms with Crippen molar-refractivity contribution in [3.8, 4) is 0 Å². The molecule has 1 atom stereocenters. The average molecular weight is 391 g/mol. The first-order chi connectivity index (χ1) is 13.9. The van der Waals surface area contributed by atoms with Gasteiger partial charge in [-0.3, -0.25) is 14.4 Å². The third kappa shape index (κ3) is 4.54. The van der Waals surface area contributed by atoms with Gasteiger partial charge in [0.25, 0.3) is 0 Å². The molecule has 0 unspecified atom stereocenters. The lowest BCUT2D eigenvalue weighted by Crippen LogP contribution is -2.33. The van der Waals surface area contributed by atoms with Crippen LogP contribution >= 0.6 is 0 Å². The predicted molar refractivity (Wildman–Crippen MR) is 114 cm³/mol. The molecule has 0 aliphatic carbocycles. The van der Waals surface area contributed by atoms with E-state index in [4.69, 9.17) is 0 Å². The van der Waals surface area contributed by atoms with Crippen LogP contribution in [0.15, 0.2) is 48.7 Å². The Balaban J connectivity index is 1.80. The molecule has 2 N–H and O–H groups in total. The van der Waals surface area contributed by atoms with Gasteiger partial charge in [0.15, 0.2) is 0 Å². The van der Waals surface area contributed by atoms with E-state index in [1.165, 1.54) is 6.92 Å². The zero-order valence-corrected chi connectivity index (χ0v) is 16.9. The SMILES string of the molecule is CCC(=O)Nc1cccc(NC(=O)C[C@@H]2c3ccccc3C=CN2C(C)=O)c1C. The van der Waals surface area contributed by atoms with Crippen molar-refractivity contribution in [1.82, 2.24) is 4.90 Å². The lowest BCUT2D eigenvalue weighted by molar-refractivity contribution is -0.129. The number of hydrogen-bond acceptors (Lipinski definition) is 3. The number of hydrogen-bond donors (Lipinski definition) is 2. The minimum atomic E-state index is -0.364. The summed E-state index contributed by atoms with van der Waals surface area (Å²) in [5.74, 6) is -0.401. The Hall–Kier alpha value is -3.41. The molecule has 0 saturated heterocycles. The van der Waals surface area contributed by atoms with Gasteiger partial charge >= 0.3 is 0 Å². The molecular formula is C23H25N3O3. The third-order valence-electron chi connectivity index (χ3n) is 5.05. The lowest BCUT2D eigenvalue weighted by Gasteiger charge is -2.32. The van der Waals surface area contributed by atoms with Gasteiger partial charge in [-0.1, -0.05) is 37.3 Å². The van der Waals surface area contributed by atoms with Gasteiger partial charge in [0, 0.05) is 30.9 Å². The fraction of sp³-hybridized carbons (Fsp3) is 0.261. The van der Waals surface area contributed by atoms with Gasteiger partial charge in [-0.25, -0.2) is 0 Å². The van der Waals surface area contributed by atoms with Crippen LogP contribution in [0.2, 0.25) is 0 Å². The summed E-state index contributed by atoms with van der Waals surface area (Å²) in [6.45, 7) is 5.13. The Morgan fingerprint density at radius 3 is 2.28 bits per heavy atom. The van der Waals surface area contributed by atoms with Crippen molar-refractivity contribution in [1.29, 1.82) is 0 Å².